The van der Waals surface area contributed by atoms with Crippen molar-refractivity contribution >= 4 is 40.3 Å². The minimum Gasteiger partial charge on any atom is -0.491 e. The fourth-order valence-electron chi connectivity index (χ4n) is 4.59. The monoisotopic (exact) mass is 570 g/mol. The van der Waals surface area contributed by atoms with Gasteiger partial charge in [0.2, 0.25) is 5.88 Å². The van der Waals surface area contributed by atoms with E-state index >= 15 is 0 Å². The van der Waals surface area contributed by atoms with Gasteiger partial charge in [-0.15, -0.1) is 0 Å². The predicted octanol–water partition coefficient (Wildman–Crippen LogP) is 6.55. The summed E-state index contributed by atoms with van der Waals surface area (Å²) in [5.41, 5.74) is 1.11. The van der Waals surface area contributed by atoms with E-state index < -0.39 is 11.8 Å². The van der Waals surface area contributed by atoms with Crippen LogP contribution in [0.5, 0.6) is 11.6 Å². The predicted molar refractivity (Wildman–Crippen MR) is 144 cm³/mol. The van der Waals surface area contributed by atoms with Crippen molar-refractivity contribution < 1.29 is 23.8 Å². The van der Waals surface area contributed by atoms with Gasteiger partial charge in [-0.25, -0.2) is 14.4 Å². The average molecular weight is 571 g/mol. The molecule has 2 aliphatic rings. The van der Waals surface area contributed by atoms with Crippen LogP contribution in [0.4, 0.5) is 4.39 Å². The molecule has 0 amide bonds. The summed E-state index contributed by atoms with van der Waals surface area (Å²) >= 11 is 13.0. The van der Waals surface area contributed by atoms with E-state index in [2.05, 4.69) is 9.97 Å². The van der Waals surface area contributed by atoms with E-state index in [9.17, 15) is 14.3 Å². The van der Waals surface area contributed by atoms with Gasteiger partial charge >= 0.3 is 5.97 Å². The molecule has 0 bridgehead atoms. The number of nitrogens with zero attached hydrogens (tertiary/aromatic N) is 4. The summed E-state index contributed by atoms with van der Waals surface area (Å²) in [4.78, 5) is 24.9. The van der Waals surface area contributed by atoms with Gasteiger partial charge in [0.1, 0.15) is 29.3 Å². The number of hydrogen-bond acceptors (Lipinski definition) is 6. The molecule has 2 aliphatic carbocycles. The molecular weight excluding hydrogens is 546 g/mol. The van der Waals surface area contributed by atoms with Gasteiger partial charge in [0, 0.05) is 21.6 Å². The van der Waals surface area contributed by atoms with Crippen molar-refractivity contribution in [3.63, 3.8) is 0 Å². The Morgan fingerprint density at radius 1 is 1.15 bits per heavy atom. The van der Waals surface area contributed by atoms with E-state index in [4.69, 9.17) is 37.7 Å². The molecule has 2 fully saturated rings. The van der Waals surface area contributed by atoms with Gasteiger partial charge in [0.05, 0.1) is 24.6 Å². The zero-order valence-corrected chi connectivity index (χ0v) is 22.6. The van der Waals surface area contributed by atoms with Crippen LogP contribution in [0.15, 0.2) is 42.7 Å². The Labute approximate surface area is 233 Å². The Bertz CT molecular complexity index is 1600. The van der Waals surface area contributed by atoms with Crippen LogP contribution in [-0.4, -0.2) is 42.8 Å². The first-order valence-corrected chi connectivity index (χ1v) is 13.4. The van der Waals surface area contributed by atoms with Gasteiger partial charge in [-0.3, -0.25) is 4.79 Å². The van der Waals surface area contributed by atoms with Crippen LogP contribution in [0, 0.1) is 11.2 Å². The Morgan fingerprint density at radius 2 is 1.95 bits per heavy atom. The standard InChI is InChI=1S/C28H25Cl2FN4O4/c1-27(7-8-27)39-26-23-25(32-15-33-26)35(13-16-11-17(29)5-6-19(16)31)24(34-23)18-3-2-4-20(22(18)30)38-14-28(9-10-28)12-21(36)37/h2-6,11,15H,7-10,12-14H2,1H3,(H,36,37). The number of imidazole rings is 1. The van der Waals surface area contributed by atoms with Gasteiger partial charge in [0.25, 0.3) is 0 Å². The SMILES string of the molecule is CC1(Oc2ncnc3c2nc(-c2cccc(OCC4(CC(=O)O)CC4)c2Cl)n3Cc2cc(Cl)ccc2F)CC1. The average Bonchev–Trinajstić information content (AvgIpc) is 3.79. The lowest BCUT2D eigenvalue weighted by atomic mass is 10.0. The van der Waals surface area contributed by atoms with Crippen LogP contribution < -0.4 is 9.47 Å². The summed E-state index contributed by atoms with van der Waals surface area (Å²) < 4.78 is 28.8. The molecule has 2 aromatic heterocycles. The van der Waals surface area contributed by atoms with Gasteiger partial charge in [-0.2, -0.15) is 4.98 Å². The number of carbonyl (C=O) groups is 1. The van der Waals surface area contributed by atoms with Crippen LogP contribution in [0.25, 0.3) is 22.6 Å². The van der Waals surface area contributed by atoms with Gasteiger partial charge in [-0.05, 0) is 62.9 Å². The number of hydrogen-bond donors (Lipinski definition) is 1. The topological polar surface area (TPSA) is 99.4 Å². The lowest BCUT2D eigenvalue weighted by Gasteiger charge is -2.17. The Hall–Kier alpha value is -3.43. The smallest absolute Gasteiger partial charge is 0.304 e. The fourth-order valence-corrected chi connectivity index (χ4v) is 5.05. The van der Waals surface area contributed by atoms with Gasteiger partial charge in [0.15, 0.2) is 11.2 Å². The second kappa shape index (κ2) is 9.64. The first kappa shape index (κ1) is 25.8. The zero-order chi connectivity index (χ0) is 27.4. The number of halogens is 3. The van der Waals surface area contributed by atoms with Gasteiger partial charge in [-0.1, -0.05) is 29.3 Å². The fraction of sp³-hybridized carbons (Fsp3) is 0.357. The number of aromatic nitrogens is 4. The first-order chi connectivity index (χ1) is 18.7. The second-order valence-electron chi connectivity index (χ2n) is 10.6. The van der Waals surface area contributed by atoms with E-state index in [0.717, 1.165) is 25.7 Å². The van der Waals surface area contributed by atoms with Crippen LogP contribution in [-0.2, 0) is 11.3 Å². The Balaban J connectivity index is 1.43. The highest BCUT2D eigenvalue weighted by Crippen LogP contribution is 2.49. The molecule has 0 aliphatic heterocycles. The van der Waals surface area contributed by atoms with E-state index in [1.165, 1.54) is 18.5 Å². The van der Waals surface area contributed by atoms with Crippen molar-refractivity contribution in [2.24, 2.45) is 5.41 Å². The normalized spacial score (nSPS) is 16.7. The molecule has 39 heavy (non-hydrogen) atoms. The van der Waals surface area contributed by atoms with E-state index in [1.807, 2.05) is 6.92 Å². The summed E-state index contributed by atoms with van der Waals surface area (Å²) in [6.45, 7) is 2.33. The molecule has 11 heteroatoms. The lowest BCUT2D eigenvalue weighted by Crippen LogP contribution is -2.17. The third-order valence-electron chi connectivity index (χ3n) is 7.35. The van der Waals surface area contributed by atoms with Crippen LogP contribution >= 0.6 is 23.2 Å². The molecule has 202 valence electrons. The number of carboxylic acid groups (broad SMARTS) is 1. The third-order valence-corrected chi connectivity index (χ3v) is 7.98. The largest absolute Gasteiger partial charge is 0.491 e. The van der Waals surface area contributed by atoms with Gasteiger partial charge < -0.3 is 19.1 Å². The number of aliphatic carboxylic acids is 1. The quantitative estimate of drug-likeness (QED) is 0.230. The highest BCUT2D eigenvalue weighted by atomic mass is 35.5. The summed E-state index contributed by atoms with van der Waals surface area (Å²) in [5, 5.41) is 9.95. The molecule has 0 saturated heterocycles. The lowest BCUT2D eigenvalue weighted by molar-refractivity contribution is -0.138. The molecular formula is C28H25Cl2FN4O4. The third kappa shape index (κ3) is 5.25. The minimum absolute atomic E-state index is 0.0473. The minimum atomic E-state index is -0.850. The molecule has 2 aromatic carbocycles. The summed E-state index contributed by atoms with van der Waals surface area (Å²) in [6.07, 6.45) is 4.85. The maximum Gasteiger partial charge on any atom is 0.304 e. The maximum atomic E-state index is 14.8. The number of benzene rings is 2. The molecule has 2 heterocycles. The summed E-state index contributed by atoms with van der Waals surface area (Å²) in [5.74, 6) is -0.0830. The zero-order valence-electron chi connectivity index (χ0n) is 21.1. The van der Waals surface area contributed by atoms with Crippen molar-refractivity contribution in [2.75, 3.05) is 6.61 Å². The van der Waals surface area contributed by atoms with Crippen molar-refractivity contribution in [3.8, 4) is 23.0 Å². The first-order valence-electron chi connectivity index (χ1n) is 12.6. The number of carboxylic acids is 1. The van der Waals surface area contributed by atoms with Crippen molar-refractivity contribution in [2.45, 2.75) is 51.2 Å². The number of ether oxygens (including phenoxy) is 2. The summed E-state index contributed by atoms with van der Waals surface area (Å²) in [7, 11) is 0. The van der Waals surface area contributed by atoms with Crippen molar-refractivity contribution in [3.05, 3.63) is 64.2 Å². The highest BCUT2D eigenvalue weighted by Gasteiger charge is 2.45. The molecule has 1 N–H and O–H groups in total. The highest BCUT2D eigenvalue weighted by molar-refractivity contribution is 6.34. The maximum absolute atomic E-state index is 14.8. The molecule has 6 rings (SSSR count). The Kier molecular flexibility index (Phi) is 6.38. The summed E-state index contributed by atoms with van der Waals surface area (Å²) in [6, 6.07) is 9.68. The molecule has 4 aromatic rings. The molecule has 8 nitrogen and oxygen atoms in total. The van der Waals surface area contributed by atoms with E-state index in [1.54, 1.807) is 28.8 Å². The van der Waals surface area contributed by atoms with Crippen molar-refractivity contribution in [1.82, 2.24) is 19.5 Å². The molecule has 2 saturated carbocycles. The molecule has 0 atom stereocenters. The molecule has 0 radical (unpaired) electrons. The number of fused-ring (bicyclic) bond motifs is 1. The van der Waals surface area contributed by atoms with E-state index in [-0.39, 0.29) is 30.6 Å². The number of rotatable bonds is 10. The Morgan fingerprint density at radius 3 is 2.67 bits per heavy atom. The van der Waals surface area contributed by atoms with E-state index in [0.29, 0.717) is 49.8 Å². The van der Waals surface area contributed by atoms with Crippen molar-refractivity contribution in [1.29, 1.82) is 0 Å². The van der Waals surface area contributed by atoms with Crippen LogP contribution in [0.1, 0.15) is 44.6 Å². The second-order valence-corrected chi connectivity index (χ2v) is 11.5. The molecule has 0 spiro atoms. The van der Waals surface area contributed by atoms with Crippen LogP contribution in [0.2, 0.25) is 10.0 Å². The van der Waals surface area contributed by atoms with Crippen LogP contribution in [0.3, 0.4) is 0 Å². The molecule has 0 unspecified atom stereocenters.